The van der Waals surface area contributed by atoms with Gasteiger partial charge in [-0.1, -0.05) is 41.4 Å². The van der Waals surface area contributed by atoms with E-state index in [1.165, 1.54) is 6.92 Å². The van der Waals surface area contributed by atoms with Crippen molar-refractivity contribution in [2.75, 3.05) is 18.0 Å². The van der Waals surface area contributed by atoms with Gasteiger partial charge in [-0.05, 0) is 36.8 Å². The van der Waals surface area contributed by atoms with Crippen molar-refractivity contribution in [2.24, 2.45) is 0 Å². The normalized spacial score (nSPS) is 10.3. The lowest BCUT2D eigenvalue weighted by atomic mass is 10.2. The molecule has 2 amide bonds. The molecule has 2 rings (SSSR count). The molecule has 0 heterocycles. The molecule has 24 heavy (non-hydrogen) atoms. The topological polar surface area (TPSA) is 49.4 Å². The van der Waals surface area contributed by atoms with Gasteiger partial charge in [0.25, 0.3) is 5.91 Å². The summed E-state index contributed by atoms with van der Waals surface area (Å²) in [6.45, 7) is 4.01. The number of nitrogens with one attached hydrogen (secondary N) is 1. The Hall–Kier alpha value is -2.04. The molecule has 0 atom stereocenters. The lowest BCUT2D eigenvalue weighted by Crippen LogP contribution is -2.37. The summed E-state index contributed by atoms with van der Waals surface area (Å²) in [4.78, 5) is 25.6. The number of hydrogen-bond donors (Lipinski definition) is 1. The summed E-state index contributed by atoms with van der Waals surface area (Å²) in [5.74, 6) is -0.395. The van der Waals surface area contributed by atoms with Crippen molar-refractivity contribution in [3.05, 3.63) is 63.6 Å². The summed E-state index contributed by atoms with van der Waals surface area (Å²) in [6.07, 6.45) is 0. The molecule has 2 aromatic carbocycles. The molecule has 0 aliphatic rings. The molecule has 126 valence electrons. The molecule has 1 N–H and O–H groups in total. The van der Waals surface area contributed by atoms with E-state index < -0.39 is 0 Å². The number of carbonyl (C=O) groups excluding carboxylic acids is 2. The van der Waals surface area contributed by atoms with Crippen LogP contribution in [0.3, 0.4) is 0 Å². The second-order valence-electron chi connectivity index (χ2n) is 5.34. The molecule has 0 radical (unpaired) electrons. The Bertz CT molecular complexity index is 762. The van der Waals surface area contributed by atoms with Gasteiger partial charge < -0.3 is 10.2 Å². The van der Waals surface area contributed by atoms with E-state index in [0.717, 1.165) is 5.56 Å². The molecule has 4 nitrogen and oxygen atoms in total. The summed E-state index contributed by atoms with van der Waals surface area (Å²) in [5, 5.41) is 3.76. The molecule has 0 fully saturated rings. The fourth-order valence-electron chi connectivity index (χ4n) is 2.24. The van der Waals surface area contributed by atoms with Crippen LogP contribution in [0.25, 0.3) is 0 Å². The van der Waals surface area contributed by atoms with E-state index in [-0.39, 0.29) is 11.8 Å². The zero-order valence-electron chi connectivity index (χ0n) is 13.5. The van der Waals surface area contributed by atoms with Gasteiger partial charge in [-0.15, -0.1) is 0 Å². The molecule has 0 saturated heterocycles. The van der Waals surface area contributed by atoms with Gasteiger partial charge in [-0.2, -0.15) is 0 Å². The van der Waals surface area contributed by atoms with Gasteiger partial charge in [-0.3, -0.25) is 9.59 Å². The van der Waals surface area contributed by atoms with Gasteiger partial charge in [0, 0.05) is 30.7 Å². The predicted molar refractivity (Wildman–Crippen MR) is 98.0 cm³/mol. The van der Waals surface area contributed by atoms with E-state index in [2.05, 4.69) is 5.32 Å². The first-order chi connectivity index (χ1) is 11.4. The van der Waals surface area contributed by atoms with E-state index in [9.17, 15) is 9.59 Å². The van der Waals surface area contributed by atoms with E-state index in [0.29, 0.717) is 34.4 Å². The molecular formula is C18H18Cl2N2O2. The molecule has 2 aromatic rings. The van der Waals surface area contributed by atoms with Gasteiger partial charge in [0.2, 0.25) is 5.91 Å². The maximum absolute atomic E-state index is 12.1. The Labute approximate surface area is 151 Å². The largest absolute Gasteiger partial charge is 0.350 e. The summed E-state index contributed by atoms with van der Waals surface area (Å²) in [6, 6.07) is 12.3. The van der Waals surface area contributed by atoms with Crippen LogP contribution < -0.4 is 10.2 Å². The lowest BCUT2D eigenvalue weighted by molar-refractivity contribution is -0.116. The quantitative estimate of drug-likeness (QED) is 0.868. The minimum atomic E-state index is -0.272. The van der Waals surface area contributed by atoms with E-state index in [1.807, 2.05) is 19.1 Å². The molecule has 0 bridgehead atoms. The third-order valence-corrected chi connectivity index (χ3v) is 4.32. The third kappa shape index (κ3) is 4.49. The minimum absolute atomic E-state index is 0.123. The molecule has 0 spiro atoms. The number of nitrogens with zero attached hydrogens (tertiary/aromatic N) is 1. The van der Waals surface area contributed by atoms with Gasteiger partial charge in [0.15, 0.2) is 0 Å². The monoisotopic (exact) mass is 364 g/mol. The average molecular weight is 365 g/mol. The van der Waals surface area contributed by atoms with Crippen LogP contribution in [0.5, 0.6) is 0 Å². The molecule has 6 heteroatoms. The highest BCUT2D eigenvalue weighted by molar-refractivity contribution is 6.33. The van der Waals surface area contributed by atoms with Gasteiger partial charge >= 0.3 is 0 Å². The fraction of sp³-hybridized carbons (Fsp3) is 0.222. The number of anilines is 1. The molecule has 0 aromatic heterocycles. The van der Waals surface area contributed by atoms with Crippen molar-refractivity contribution in [1.82, 2.24) is 5.32 Å². The standard InChI is InChI=1S/C18H18Cl2N2O2/c1-12-7-8-14(11-17(12)20)22(13(2)23)10-9-21-18(24)15-5-3-4-6-16(15)19/h3-8,11H,9-10H2,1-2H3,(H,21,24). The second kappa shape index (κ2) is 8.18. The van der Waals surface area contributed by atoms with Gasteiger partial charge in [0.1, 0.15) is 0 Å². The zero-order chi connectivity index (χ0) is 17.7. The number of aryl methyl sites for hydroxylation is 1. The Kier molecular flexibility index (Phi) is 6.23. The first kappa shape index (κ1) is 18.3. The summed E-state index contributed by atoms with van der Waals surface area (Å²) >= 11 is 12.1. The van der Waals surface area contributed by atoms with E-state index in [4.69, 9.17) is 23.2 Å². The van der Waals surface area contributed by atoms with E-state index in [1.54, 1.807) is 35.2 Å². The van der Waals surface area contributed by atoms with Crippen molar-refractivity contribution in [1.29, 1.82) is 0 Å². The van der Waals surface area contributed by atoms with Crippen molar-refractivity contribution >= 4 is 40.7 Å². The number of rotatable bonds is 5. The van der Waals surface area contributed by atoms with Gasteiger partial charge in [0.05, 0.1) is 10.6 Å². The van der Waals surface area contributed by atoms with Crippen LogP contribution in [0.1, 0.15) is 22.8 Å². The van der Waals surface area contributed by atoms with Crippen LogP contribution in [-0.2, 0) is 4.79 Å². The minimum Gasteiger partial charge on any atom is -0.350 e. The summed E-state index contributed by atoms with van der Waals surface area (Å²) < 4.78 is 0. The molecule has 0 aliphatic heterocycles. The average Bonchev–Trinajstić information content (AvgIpc) is 2.54. The highest BCUT2D eigenvalue weighted by Gasteiger charge is 2.14. The number of hydrogen-bond acceptors (Lipinski definition) is 2. The molecule has 0 saturated carbocycles. The second-order valence-corrected chi connectivity index (χ2v) is 6.15. The summed E-state index contributed by atoms with van der Waals surface area (Å²) in [7, 11) is 0. The van der Waals surface area contributed by atoms with Crippen molar-refractivity contribution in [2.45, 2.75) is 13.8 Å². The molecule has 0 aliphatic carbocycles. The Morgan fingerprint density at radius 3 is 2.42 bits per heavy atom. The Morgan fingerprint density at radius 2 is 1.79 bits per heavy atom. The fourth-order valence-corrected chi connectivity index (χ4v) is 2.64. The van der Waals surface area contributed by atoms with Crippen LogP contribution in [0.2, 0.25) is 10.0 Å². The SMILES string of the molecule is CC(=O)N(CCNC(=O)c1ccccc1Cl)c1ccc(C)c(Cl)c1. The number of halogens is 2. The molecular weight excluding hydrogens is 347 g/mol. The van der Waals surface area contributed by atoms with Crippen molar-refractivity contribution in [3.63, 3.8) is 0 Å². The van der Waals surface area contributed by atoms with Crippen molar-refractivity contribution < 1.29 is 9.59 Å². The third-order valence-electron chi connectivity index (χ3n) is 3.59. The first-order valence-corrected chi connectivity index (χ1v) is 8.22. The van der Waals surface area contributed by atoms with E-state index >= 15 is 0 Å². The highest BCUT2D eigenvalue weighted by Crippen LogP contribution is 2.23. The zero-order valence-corrected chi connectivity index (χ0v) is 15.0. The number of amides is 2. The highest BCUT2D eigenvalue weighted by atomic mass is 35.5. The molecule has 0 unspecified atom stereocenters. The number of benzene rings is 2. The Balaban J connectivity index is 2.02. The van der Waals surface area contributed by atoms with Crippen LogP contribution in [-0.4, -0.2) is 24.9 Å². The maximum Gasteiger partial charge on any atom is 0.252 e. The van der Waals surface area contributed by atoms with Crippen LogP contribution in [0.15, 0.2) is 42.5 Å². The smallest absolute Gasteiger partial charge is 0.252 e. The van der Waals surface area contributed by atoms with Crippen LogP contribution >= 0.6 is 23.2 Å². The Morgan fingerprint density at radius 1 is 1.08 bits per heavy atom. The summed E-state index contributed by atoms with van der Waals surface area (Å²) in [5.41, 5.74) is 2.05. The first-order valence-electron chi connectivity index (χ1n) is 7.47. The van der Waals surface area contributed by atoms with Crippen molar-refractivity contribution in [3.8, 4) is 0 Å². The van der Waals surface area contributed by atoms with Gasteiger partial charge in [-0.25, -0.2) is 0 Å². The number of carbonyl (C=O) groups is 2. The maximum atomic E-state index is 12.1. The van der Waals surface area contributed by atoms with Crippen LogP contribution in [0, 0.1) is 6.92 Å². The lowest BCUT2D eigenvalue weighted by Gasteiger charge is -2.22. The predicted octanol–water partition coefficient (Wildman–Crippen LogP) is 4.08. The van der Waals surface area contributed by atoms with Crippen LogP contribution in [0.4, 0.5) is 5.69 Å².